The zero-order chi connectivity index (χ0) is 12.4. The molecule has 0 fully saturated rings. The predicted octanol–water partition coefficient (Wildman–Crippen LogP) is 4.33. The molecule has 2 unspecified atom stereocenters. The van der Waals surface area contributed by atoms with Crippen LogP contribution in [0.3, 0.4) is 0 Å². The van der Waals surface area contributed by atoms with Crippen molar-refractivity contribution in [3.05, 3.63) is 62.4 Å². The van der Waals surface area contributed by atoms with Crippen LogP contribution in [0.15, 0.2) is 67.4 Å². The molecule has 0 saturated carbocycles. The molecule has 1 nitrogen and oxygen atoms in total. The Hall–Kier alpha value is -1.63. The van der Waals surface area contributed by atoms with E-state index < -0.39 is 0 Å². The summed E-state index contributed by atoms with van der Waals surface area (Å²) in [6, 6.07) is 0. The molecule has 0 rings (SSSR count). The van der Waals surface area contributed by atoms with Gasteiger partial charge in [-0.1, -0.05) is 57.4 Å². The van der Waals surface area contributed by atoms with E-state index in [0.717, 1.165) is 5.71 Å². The SMILES string of the molecule is C=C/C=C\C(C)C(/C=C/C(C)C=C)=NC=C. The lowest BCUT2D eigenvalue weighted by Crippen LogP contribution is -2.05. The quantitative estimate of drug-likeness (QED) is 0.340. The minimum atomic E-state index is 0.254. The molecule has 0 aromatic carbocycles. The molecular weight excluding hydrogens is 194 g/mol. The second kappa shape index (κ2) is 8.66. The second-order valence-corrected chi connectivity index (χ2v) is 3.60. The number of hydrogen-bond acceptors (Lipinski definition) is 1. The van der Waals surface area contributed by atoms with Crippen LogP contribution in [-0.4, -0.2) is 5.71 Å². The fourth-order valence-corrected chi connectivity index (χ4v) is 1.09. The molecule has 0 aliphatic heterocycles. The summed E-state index contributed by atoms with van der Waals surface area (Å²) in [5.74, 6) is 0.606. The summed E-state index contributed by atoms with van der Waals surface area (Å²) in [5.41, 5.74) is 0.988. The van der Waals surface area contributed by atoms with E-state index in [-0.39, 0.29) is 5.92 Å². The maximum Gasteiger partial charge on any atom is 0.0466 e. The number of nitrogens with zero attached hydrogens (tertiary/aromatic N) is 1. The van der Waals surface area contributed by atoms with Crippen LogP contribution in [0.1, 0.15) is 13.8 Å². The van der Waals surface area contributed by atoms with Crippen LogP contribution in [0, 0.1) is 11.8 Å². The Bertz CT molecular complexity index is 318. The highest BCUT2D eigenvalue weighted by molar-refractivity contribution is 5.98. The minimum absolute atomic E-state index is 0.254. The molecule has 16 heavy (non-hydrogen) atoms. The van der Waals surface area contributed by atoms with E-state index in [1.54, 1.807) is 12.3 Å². The molecule has 0 amide bonds. The Morgan fingerprint density at radius 1 is 1.12 bits per heavy atom. The normalized spacial score (nSPS) is 16.2. The average Bonchev–Trinajstić information content (AvgIpc) is 2.30. The maximum atomic E-state index is 4.26. The van der Waals surface area contributed by atoms with Gasteiger partial charge in [-0.05, 0) is 12.0 Å². The third-order valence-electron chi connectivity index (χ3n) is 2.19. The molecule has 0 aliphatic rings. The first kappa shape index (κ1) is 14.4. The van der Waals surface area contributed by atoms with E-state index in [1.165, 1.54) is 0 Å². The van der Waals surface area contributed by atoms with Gasteiger partial charge in [0.2, 0.25) is 0 Å². The Morgan fingerprint density at radius 2 is 1.81 bits per heavy atom. The topological polar surface area (TPSA) is 12.4 Å². The first-order valence-electron chi connectivity index (χ1n) is 5.44. The Kier molecular flexibility index (Phi) is 7.78. The molecule has 0 aliphatic carbocycles. The van der Waals surface area contributed by atoms with Gasteiger partial charge in [0, 0.05) is 17.8 Å². The summed E-state index contributed by atoms with van der Waals surface area (Å²) in [6.07, 6.45) is 13.3. The Balaban J connectivity index is 4.74. The summed E-state index contributed by atoms with van der Waals surface area (Å²) < 4.78 is 0. The zero-order valence-electron chi connectivity index (χ0n) is 10.3. The monoisotopic (exact) mass is 215 g/mol. The number of rotatable bonds is 7. The van der Waals surface area contributed by atoms with Crippen molar-refractivity contribution in [2.45, 2.75) is 13.8 Å². The van der Waals surface area contributed by atoms with Crippen LogP contribution in [0.25, 0.3) is 0 Å². The Labute approximate surface area is 99.3 Å². The van der Waals surface area contributed by atoms with Crippen LogP contribution in [0.4, 0.5) is 0 Å². The van der Waals surface area contributed by atoms with Crippen molar-refractivity contribution in [1.82, 2.24) is 0 Å². The van der Waals surface area contributed by atoms with E-state index in [4.69, 9.17) is 0 Å². The predicted molar refractivity (Wildman–Crippen MR) is 74.6 cm³/mol. The van der Waals surface area contributed by atoms with Gasteiger partial charge in [0.15, 0.2) is 0 Å². The van der Waals surface area contributed by atoms with Crippen molar-refractivity contribution in [3.63, 3.8) is 0 Å². The van der Waals surface area contributed by atoms with Gasteiger partial charge in [-0.2, -0.15) is 0 Å². The molecule has 0 spiro atoms. The van der Waals surface area contributed by atoms with Crippen molar-refractivity contribution in [1.29, 1.82) is 0 Å². The van der Waals surface area contributed by atoms with Crippen LogP contribution >= 0.6 is 0 Å². The lowest BCUT2D eigenvalue weighted by Gasteiger charge is -2.06. The standard InChI is InChI=1S/C15H21N/c1-6-9-10-14(5)15(16-8-3)12-11-13(4)7-2/h6-14H,1-3H2,4-5H3/b10-9-,12-11+,16-15?. The number of allylic oxidation sites excluding steroid dienone is 6. The van der Waals surface area contributed by atoms with E-state index in [9.17, 15) is 0 Å². The van der Waals surface area contributed by atoms with E-state index >= 15 is 0 Å². The van der Waals surface area contributed by atoms with Gasteiger partial charge in [0.05, 0.1) is 0 Å². The van der Waals surface area contributed by atoms with E-state index in [0.29, 0.717) is 5.92 Å². The van der Waals surface area contributed by atoms with Crippen molar-refractivity contribution in [2.75, 3.05) is 0 Å². The zero-order valence-corrected chi connectivity index (χ0v) is 10.3. The summed E-state index contributed by atoms with van der Waals surface area (Å²) >= 11 is 0. The molecule has 0 aromatic rings. The molecule has 86 valence electrons. The van der Waals surface area contributed by atoms with Gasteiger partial charge >= 0.3 is 0 Å². The van der Waals surface area contributed by atoms with Crippen molar-refractivity contribution < 1.29 is 0 Å². The average molecular weight is 215 g/mol. The number of hydrogen-bond donors (Lipinski definition) is 0. The fourth-order valence-electron chi connectivity index (χ4n) is 1.09. The van der Waals surface area contributed by atoms with Crippen LogP contribution < -0.4 is 0 Å². The van der Waals surface area contributed by atoms with Gasteiger partial charge in [-0.15, -0.1) is 6.58 Å². The Morgan fingerprint density at radius 3 is 2.31 bits per heavy atom. The molecule has 0 N–H and O–H groups in total. The molecule has 0 heterocycles. The van der Waals surface area contributed by atoms with Gasteiger partial charge in [-0.3, -0.25) is 4.99 Å². The van der Waals surface area contributed by atoms with Crippen LogP contribution in [0.5, 0.6) is 0 Å². The van der Waals surface area contributed by atoms with Crippen molar-refractivity contribution >= 4 is 5.71 Å². The fraction of sp³-hybridized carbons (Fsp3) is 0.267. The highest BCUT2D eigenvalue weighted by Crippen LogP contribution is 2.06. The third-order valence-corrected chi connectivity index (χ3v) is 2.19. The molecule has 1 heteroatoms. The molecule has 2 atom stereocenters. The summed E-state index contributed by atoms with van der Waals surface area (Å²) in [6.45, 7) is 15.2. The van der Waals surface area contributed by atoms with Crippen LogP contribution in [-0.2, 0) is 0 Å². The summed E-state index contributed by atoms with van der Waals surface area (Å²) in [7, 11) is 0. The molecule has 0 saturated heterocycles. The second-order valence-electron chi connectivity index (χ2n) is 3.60. The summed E-state index contributed by atoms with van der Waals surface area (Å²) in [5, 5.41) is 0. The first-order valence-corrected chi connectivity index (χ1v) is 5.44. The van der Waals surface area contributed by atoms with E-state index in [2.05, 4.69) is 50.7 Å². The van der Waals surface area contributed by atoms with Gasteiger partial charge < -0.3 is 0 Å². The number of aliphatic imine (C=N–C) groups is 1. The van der Waals surface area contributed by atoms with Crippen LogP contribution in [0.2, 0.25) is 0 Å². The van der Waals surface area contributed by atoms with Gasteiger partial charge in [-0.25, -0.2) is 0 Å². The molecule has 0 aromatic heterocycles. The summed E-state index contributed by atoms with van der Waals surface area (Å²) in [4.78, 5) is 4.26. The molecule has 0 radical (unpaired) electrons. The minimum Gasteiger partial charge on any atom is -0.261 e. The maximum absolute atomic E-state index is 4.26. The first-order chi connectivity index (χ1) is 7.65. The highest BCUT2D eigenvalue weighted by Gasteiger charge is 2.02. The molecule has 0 bridgehead atoms. The van der Waals surface area contributed by atoms with E-state index in [1.807, 2.05) is 18.2 Å². The van der Waals surface area contributed by atoms with Crippen molar-refractivity contribution in [3.8, 4) is 0 Å². The largest absolute Gasteiger partial charge is 0.261 e. The lowest BCUT2D eigenvalue weighted by molar-refractivity contribution is 0.939. The van der Waals surface area contributed by atoms with Gasteiger partial charge in [0.25, 0.3) is 0 Å². The third kappa shape index (κ3) is 5.97. The lowest BCUT2D eigenvalue weighted by atomic mass is 10.0. The smallest absolute Gasteiger partial charge is 0.0466 e. The van der Waals surface area contributed by atoms with Crippen molar-refractivity contribution in [2.24, 2.45) is 16.8 Å². The van der Waals surface area contributed by atoms with Gasteiger partial charge in [0.1, 0.15) is 0 Å². The molecular formula is C15H21N. The highest BCUT2D eigenvalue weighted by atomic mass is 14.7.